The number of fused-ring (bicyclic) bond motifs is 1. The molecule has 1 N–H and O–H groups in total. The molecule has 2 aliphatic rings. The molecular formula is C32H32N3NaO5S. The Bertz CT molecular complexity index is 1720. The van der Waals surface area contributed by atoms with E-state index in [4.69, 9.17) is 9.72 Å². The van der Waals surface area contributed by atoms with Gasteiger partial charge in [0, 0.05) is 24.8 Å². The smallest absolute Gasteiger partial charge is 0.748 e. The first-order valence-electron chi connectivity index (χ1n) is 13.7. The average Bonchev–Trinajstić information content (AvgIpc) is 3.28. The van der Waals surface area contributed by atoms with Crippen LogP contribution in [0, 0.1) is 0 Å². The zero-order chi connectivity index (χ0) is 28.7. The standard InChI is InChI=1S/C32H33N3O5S.Na/c36-32-29(22-25-14-11-17-27(20-25)40-18-9-1-2-10-19-41(37,38)39)34-31-28(21-24-12-5-3-6-13-24)33-30(23-35(31)32)26-15-7-4-8-16-26;/h3-8,11-17,20,23,33H,1-2,9-10,18-19,21-22H2,(H,37,38,39);/q;+1/p-1. The van der Waals surface area contributed by atoms with Crippen molar-refractivity contribution in [3.05, 3.63) is 124 Å². The quantitative estimate of drug-likeness (QED) is 0.127. The molecule has 2 heterocycles. The minimum Gasteiger partial charge on any atom is -0.748 e. The summed E-state index contributed by atoms with van der Waals surface area (Å²) in [6.07, 6.45) is 5.37. The number of H-pyrrole nitrogens is 1. The van der Waals surface area contributed by atoms with Gasteiger partial charge in [0.2, 0.25) is 0 Å². The number of hydrogen-bond acceptors (Lipinski definition) is 6. The zero-order valence-corrected chi connectivity index (χ0v) is 26.5. The van der Waals surface area contributed by atoms with Crippen molar-refractivity contribution in [3.63, 3.8) is 0 Å². The van der Waals surface area contributed by atoms with Crippen LogP contribution >= 0.6 is 0 Å². The summed E-state index contributed by atoms with van der Waals surface area (Å²) in [4.78, 5) is 21.9. The van der Waals surface area contributed by atoms with Crippen molar-refractivity contribution >= 4 is 10.1 Å². The number of aromatic nitrogens is 3. The number of aromatic amines is 1. The summed E-state index contributed by atoms with van der Waals surface area (Å²) in [5.41, 5.74) is 5.05. The second kappa shape index (κ2) is 14.8. The van der Waals surface area contributed by atoms with Gasteiger partial charge in [-0.2, -0.15) is 0 Å². The van der Waals surface area contributed by atoms with E-state index in [1.54, 1.807) is 4.57 Å². The predicted octanol–water partition coefficient (Wildman–Crippen LogP) is 2.34. The number of rotatable bonds is 13. The van der Waals surface area contributed by atoms with Crippen LogP contribution in [0.15, 0.2) is 95.9 Å². The summed E-state index contributed by atoms with van der Waals surface area (Å²) < 4.78 is 39.6. The van der Waals surface area contributed by atoms with Gasteiger partial charge in [-0.05, 0) is 41.7 Å². The molecule has 10 heteroatoms. The van der Waals surface area contributed by atoms with Crippen molar-refractivity contribution in [2.75, 3.05) is 12.4 Å². The van der Waals surface area contributed by atoms with Gasteiger partial charge in [-0.15, -0.1) is 0 Å². The van der Waals surface area contributed by atoms with Gasteiger partial charge in [0.1, 0.15) is 11.4 Å². The zero-order valence-electron chi connectivity index (χ0n) is 23.7. The first-order chi connectivity index (χ1) is 19.9. The Morgan fingerprint density at radius 2 is 1.52 bits per heavy atom. The number of imidazole rings is 1. The minimum atomic E-state index is -4.15. The van der Waals surface area contributed by atoms with Crippen LogP contribution in [-0.2, 0) is 23.0 Å². The summed E-state index contributed by atoms with van der Waals surface area (Å²) in [6, 6.07) is 27.7. The maximum atomic E-state index is 13.6. The van der Waals surface area contributed by atoms with Gasteiger partial charge in [0.15, 0.2) is 5.82 Å². The molecular weight excluding hydrogens is 561 g/mol. The van der Waals surface area contributed by atoms with Gasteiger partial charge in [-0.1, -0.05) is 85.6 Å². The first kappa shape index (κ1) is 31.7. The van der Waals surface area contributed by atoms with Crippen LogP contribution < -0.4 is 39.9 Å². The Labute approximate surface area is 268 Å². The SMILES string of the molecule is O=c1c(Cc2cccc(OCCCCCCS(=O)(=O)[O-])c2)nc2c(Cc3ccccc3)[nH]c(-c3ccccc3)cn1-2.[Na+]. The molecule has 0 saturated heterocycles. The average molecular weight is 594 g/mol. The van der Waals surface area contributed by atoms with Crippen LogP contribution in [0.3, 0.4) is 0 Å². The number of ether oxygens (including phenoxy) is 1. The van der Waals surface area contributed by atoms with E-state index >= 15 is 0 Å². The maximum Gasteiger partial charge on any atom is 1.00 e. The molecule has 0 unspecified atom stereocenters. The number of unbranched alkanes of at least 4 members (excludes halogenated alkanes) is 3. The fourth-order valence-electron chi connectivity index (χ4n) is 4.84. The van der Waals surface area contributed by atoms with Crippen molar-refractivity contribution in [2.45, 2.75) is 38.5 Å². The molecule has 0 bridgehead atoms. The molecule has 0 aromatic heterocycles. The Hall–Kier alpha value is -3.21. The van der Waals surface area contributed by atoms with Crippen molar-refractivity contribution in [1.82, 2.24) is 14.5 Å². The van der Waals surface area contributed by atoms with Gasteiger partial charge in [0.05, 0.1) is 28.1 Å². The van der Waals surface area contributed by atoms with E-state index in [-0.39, 0.29) is 40.9 Å². The molecule has 0 aliphatic carbocycles. The van der Waals surface area contributed by atoms with Gasteiger partial charge in [-0.25, -0.2) is 13.4 Å². The fraction of sp³-hybridized carbons (Fsp3) is 0.250. The minimum absolute atomic E-state index is 0. The Morgan fingerprint density at radius 3 is 2.26 bits per heavy atom. The fourth-order valence-corrected chi connectivity index (χ4v) is 5.40. The summed E-state index contributed by atoms with van der Waals surface area (Å²) in [5, 5.41) is 0. The summed E-state index contributed by atoms with van der Waals surface area (Å²) in [6.45, 7) is 0.482. The molecule has 3 aromatic rings. The third-order valence-corrected chi connectivity index (χ3v) is 7.67. The van der Waals surface area contributed by atoms with Gasteiger partial charge in [-0.3, -0.25) is 9.36 Å². The molecule has 0 radical (unpaired) electrons. The van der Waals surface area contributed by atoms with Gasteiger partial charge in [0.25, 0.3) is 5.56 Å². The first-order valence-corrected chi connectivity index (χ1v) is 15.3. The second-order valence-corrected chi connectivity index (χ2v) is 11.6. The van der Waals surface area contributed by atoms with Crippen molar-refractivity contribution < 1.29 is 47.3 Å². The van der Waals surface area contributed by atoms with Crippen LogP contribution in [0.4, 0.5) is 0 Å². The van der Waals surface area contributed by atoms with Crippen molar-refractivity contribution in [1.29, 1.82) is 0 Å². The summed E-state index contributed by atoms with van der Waals surface area (Å²) in [7, 11) is -4.15. The summed E-state index contributed by atoms with van der Waals surface area (Å²) >= 11 is 0. The van der Waals surface area contributed by atoms with E-state index < -0.39 is 10.1 Å². The van der Waals surface area contributed by atoms with E-state index in [1.807, 2.05) is 79.0 Å². The van der Waals surface area contributed by atoms with Crippen molar-refractivity contribution in [3.8, 4) is 22.8 Å². The summed E-state index contributed by atoms with van der Waals surface area (Å²) in [5.74, 6) is 0.996. The molecule has 0 amide bonds. The Balaban J connectivity index is 0.00000405. The molecule has 0 fully saturated rings. The number of hydrogen-bond donors (Lipinski definition) is 1. The Morgan fingerprint density at radius 1 is 0.833 bits per heavy atom. The maximum absolute atomic E-state index is 13.6. The normalized spacial score (nSPS) is 11.4. The van der Waals surface area contributed by atoms with E-state index in [1.165, 1.54) is 0 Å². The van der Waals surface area contributed by atoms with Gasteiger partial charge >= 0.3 is 29.6 Å². The Kier molecular flexibility index (Phi) is 11.2. The molecule has 0 spiro atoms. The molecule has 5 rings (SSSR count). The monoisotopic (exact) mass is 593 g/mol. The van der Waals surface area contributed by atoms with Crippen LogP contribution in [-0.4, -0.2) is 39.9 Å². The van der Waals surface area contributed by atoms with E-state index in [0.717, 1.165) is 40.9 Å². The van der Waals surface area contributed by atoms with E-state index in [0.29, 0.717) is 49.6 Å². The van der Waals surface area contributed by atoms with Crippen LogP contribution in [0.1, 0.15) is 48.2 Å². The third kappa shape index (κ3) is 8.65. The van der Waals surface area contributed by atoms with Crippen LogP contribution in [0.2, 0.25) is 0 Å². The second-order valence-electron chi connectivity index (χ2n) is 10.1. The largest absolute Gasteiger partial charge is 1.00 e. The molecule has 3 aromatic carbocycles. The van der Waals surface area contributed by atoms with Crippen LogP contribution in [0.25, 0.3) is 17.1 Å². The molecule has 212 valence electrons. The molecule has 8 nitrogen and oxygen atoms in total. The number of benzene rings is 3. The number of nitrogens with one attached hydrogen (secondary N) is 1. The molecule has 0 atom stereocenters. The van der Waals surface area contributed by atoms with Crippen LogP contribution in [0.5, 0.6) is 5.75 Å². The number of nitrogens with zero attached hydrogens (tertiary/aromatic N) is 2. The van der Waals surface area contributed by atoms with Gasteiger partial charge < -0.3 is 14.3 Å². The third-order valence-electron chi connectivity index (χ3n) is 6.88. The topological polar surface area (TPSA) is 117 Å². The van der Waals surface area contributed by atoms with E-state index in [2.05, 4.69) is 17.1 Å². The molecule has 0 saturated carbocycles. The van der Waals surface area contributed by atoms with E-state index in [9.17, 15) is 17.8 Å². The predicted molar refractivity (Wildman–Crippen MR) is 158 cm³/mol. The molecule has 42 heavy (non-hydrogen) atoms. The van der Waals surface area contributed by atoms with Crippen molar-refractivity contribution in [2.24, 2.45) is 0 Å². The molecule has 2 aliphatic heterocycles.